The molecule has 0 saturated carbocycles. The predicted octanol–water partition coefficient (Wildman–Crippen LogP) is 3.52. The number of aromatic amines is 1. The highest BCUT2D eigenvalue weighted by atomic mass is 35.5. The fraction of sp³-hybridized carbons (Fsp3) is 0.0588. The summed E-state index contributed by atoms with van der Waals surface area (Å²) in [5.74, 6) is 0.577. The first kappa shape index (κ1) is 16.7. The smallest absolute Gasteiger partial charge is 0.179 e. The molecule has 0 aliphatic heterocycles. The summed E-state index contributed by atoms with van der Waals surface area (Å²) in [6.45, 7) is -0.145. The number of aliphatic hydroxyl groups excluding tert-OH is 1. The molecular weight excluding hydrogens is 375 g/mol. The molecule has 0 spiro atoms. The molecule has 0 unspecified atom stereocenters. The van der Waals surface area contributed by atoms with Crippen LogP contribution in [0.3, 0.4) is 0 Å². The normalized spacial score (nSPS) is 11.0. The topological polar surface area (TPSA) is 92.5 Å². The van der Waals surface area contributed by atoms with Crippen molar-refractivity contribution in [1.29, 1.82) is 0 Å². The lowest BCUT2D eigenvalue weighted by molar-refractivity contribution is 0.282. The molecule has 7 nitrogen and oxygen atoms in total. The summed E-state index contributed by atoms with van der Waals surface area (Å²) < 4.78 is 1.69. The second-order valence-corrected chi connectivity index (χ2v) is 6.35. The highest BCUT2D eigenvalue weighted by molar-refractivity contribution is 6.35. The van der Waals surface area contributed by atoms with Gasteiger partial charge in [-0.15, -0.1) is 5.10 Å². The zero-order chi connectivity index (χ0) is 18.1. The number of hydrogen-bond donors (Lipinski definition) is 2. The fourth-order valence-corrected chi connectivity index (χ4v) is 3.20. The molecule has 2 aromatic carbocycles. The number of nitrogens with zero attached hydrogens (tertiary/aromatic N) is 5. The zero-order valence-corrected chi connectivity index (χ0v) is 14.8. The molecule has 2 heterocycles. The maximum atomic E-state index is 9.72. The summed E-state index contributed by atoms with van der Waals surface area (Å²) in [5.41, 5.74) is 3.83. The Kier molecular flexibility index (Phi) is 4.42. The number of aromatic nitrogens is 6. The molecule has 0 saturated heterocycles. The van der Waals surface area contributed by atoms with Crippen molar-refractivity contribution in [2.24, 2.45) is 0 Å². The van der Waals surface area contributed by atoms with Crippen LogP contribution < -0.4 is 0 Å². The summed E-state index contributed by atoms with van der Waals surface area (Å²) in [7, 11) is 0. The van der Waals surface area contributed by atoms with Crippen molar-refractivity contribution < 1.29 is 5.11 Å². The van der Waals surface area contributed by atoms with Crippen LogP contribution in [-0.2, 0) is 6.61 Å². The first-order valence-electron chi connectivity index (χ1n) is 7.65. The Morgan fingerprint density at radius 3 is 2.46 bits per heavy atom. The van der Waals surface area contributed by atoms with Gasteiger partial charge in [-0.1, -0.05) is 47.5 Å². The van der Waals surface area contributed by atoms with Crippen LogP contribution in [-0.4, -0.2) is 35.5 Å². The van der Waals surface area contributed by atoms with Gasteiger partial charge in [-0.05, 0) is 28.6 Å². The Labute approximate surface area is 158 Å². The van der Waals surface area contributed by atoms with Gasteiger partial charge in [0.25, 0.3) is 0 Å². The number of H-pyrrole nitrogens is 1. The molecule has 0 atom stereocenters. The van der Waals surface area contributed by atoms with Crippen molar-refractivity contribution in [2.45, 2.75) is 6.61 Å². The Morgan fingerprint density at radius 2 is 1.81 bits per heavy atom. The first-order valence-corrected chi connectivity index (χ1v) is 8.40. The SMILES string of the molecule is OCc1cnn(-c2ccc(Cl)cc2Cl)c1-c1ccc(-c2nnn[nH]2)cc1. The highest BCUT2D eigenvalue weighted by Crippen LogP contribution is 2.32. The van der Waals surface area contributed by atoms with E-state index in [9.17, 15) is 5.11 Å². The standard InChI is InChI=1S/C17H12Cl2N6O/c18-13-5-6-15(14(19)7-13)25-16(12(9-26)8-20-25)10-1-3-11(4-2-10)17-21-23-24-22-17/h1-8,26H,9H2,(H,21,22,23,24). The highest BCUT2D eigenvalue weighted by Gasteiger charge is 2.16. The van der Waals surface area contributed by atoms with Crippen LogP contribution in [0, 0.1) is 0 Å². The van der Waals surface area contributed by atoms with Gasteiger partial charge in [0.1, 0.15) is 0 Å². The van der Waals surface area contributed by atoms with Gasteiger partial charge in [0.2, 0.25) is 0 Å². The minimum absolute atomic E-state index is 0.145. The summed E-state index contributed by atoms with van der Waals surface area (Å²) >= 11 is 12.3. The first-order chi connectivity index (χ1) is 12.7. The van der Waals surface area contributed by atoms with E-state index in [0.717, 1.165) is 16.8 Å². The molecule has 4 aromatic rings. The minimum Gasteiger partial charge on any atom is -0.392 e. The van der Waals surface area contributed by atoms with Gasteiger partial charge in [0, 0.05) is 21.7 Å². The van der Waals surface area contributed by atoms with Gasteiger partial charge in [-0.3, -0.25) is 0 Å². The number of aliphatic hydroxyl groups is 1. The average molecular weight is 387 g/mol. The molecule has 4 rings (SSSR count). The lowest BCUT2D eigenvalue weighted by Crippen LogP contribution is -2.01. The van der Waals surface area contributed by atoms with Crippen LogP contribution in [0.2, 0.25) is 10.0 Å². The van der Waals surface area contributed by atoms with Crippen molar-refractivity contribution in [3.63, 3.8) is 0 Å². The monoisotopic (exact) mass is 386 g/mol. The molecule has 26 heavy (non-hydrogen) atoms. The summed E-state index contributed by atoms with van der Waals surface area (Å²) in [4.78, 5) is 0. The molecule has 0 radical (unpaired) electrons. The number of rotatable bonds is 4. The Hall–Kier alpha value is -2.74. The summed E-state index contributed by atoms with van der Waals surface area (Å²) in [5, 5.41) is 28.9. The summed E-state index contributed by atoms with van der Waals surface area (Å²) in [6.07, 6.45) is 1.62. The number of tetrazole rings is 1. The van der Waals surface area contributed by atoms with E-state index in [-0.39, 0.29) is 6.61 Å². The van der Waals surface area contributed by atoms with E-state index >= 15 is 0 Å². The van der Waals surface area contributed by atoms with E-state index < -0.39 is 0 Å². The van der Waals surface area contributed by atoms with Crippen molar-refractivity contribution >= 4 is 23.2 Å². The van der Waals surface area contributed by atoms with Crippen LogP contribution >= 0.6 is 23.2 Å². The second kappa shape index (κ2) is 6.87. The Balaban J connectivity index is 1.82. The molecular formula is C17H12Cl2N6O. The van der Waals surface area contributed by atoms with Crippen LogP contribution in [0.25, 0.3) is 28.3 Å². The van der Waals surface area contributed by atoms with Gasteiger partial charge in [-0.25, -0.2) is 9.78 Å². The van der Waals surface area contributed by atoms with Crippen LogP contribution in [0.4, 0.5) is 0 Å². The Morgan fingerprint density at radius 1 is 1.04 bits per heavy atom. The van der Waals surface area contributed by atoms with Crippen molar-refractivity contribution in [1.82, 2.24) is 30.4 Å². The van der Waals surface area contributed by atoms with Crippen LogP contribution in [0.15, 0.2) is 48.7 Å². The number of hydrogen-bond acceptors (Lipinski definition) is 5. The average Bonchev–Trinajstić information content (AvgIpc) is 3.32. The Bertz CT molecular complexity index is 1040. The predicted molar refractivity (Wildman–Crippen MR) is 98.1 cm³/mol. The van der Waals surface area contributed by atoms with Gasteiger partial charge in [0.05, 0.1) is 29.2 Å². The van der Waals surface area contributed by atoms with Crippen LogP contribution in [0.1, 0.15) is 5.56 Å². The van der Waals surface area contributed by atoms with Gasteiger partial charge >= 0.3 is 0 Å². The molecule has 130 valence electrons. The molecule has 0 bridgehead atoms. The lowest BCUT2D eigenvalue weighted by atomic mass is 10.1. The van der Waals surface area contributed by atoms with E-state index in [2.05, 4.69) is 25.7 Å². The molecule has 0 amide bonds. The molecule has 9 heteroatoms. The van der Waals surface area contributed by atoms with Crippen molar-refractivity contribution in [3.8, 4) is 28.3 Å². The zero-order valence-electron chi connectivity index (χ0n) is 13.3. The fourth-order valence-electron chi connectivity index (χ4n) is 2.71. The minimum atomic E-state index is -0.145. The van der Waals surface area contributed by atoms with E-state index in [1.807, 2.05) is 24.3 Å². The lowest BCUT2D eigenvalue weighted by Gasteiger charge is -2.11. The van der Waals surface area contributed by atoms with Crippen molar-refractivity contribution in [3.05, 3.63) is 64.3 Å². The number of nitrogens with one attached hydrogen (secondary N) is 1. The third-order valence-corrected chi connectivity index (χ3v) is 4.47. The quantitative estimate of drug-likeness (QED) is 0.559. The summed E-state index contributed by atoms with van der Waals surface area (Å²) in [6, 6.07) is 12.8. The number of halogens is 2. The molecule has 2 N–H and O–H groups in total. The second-order valence-electron chi connectivity index (χ2n) is 5.51. The van der Waals surface area contributed by atoms with Gasteiger partial charge in [0.15, 0.2) is 5.82 Å². The third kappa shape index (κ3) is 2.96. The molecule has 0 fully saturated rings. The van der Waals surface area contributed by atoms with E-state index in [4.69, 9.17) is 23.2 Å². The third-order valence-electron chi connectivity index (χ3n) is 3.93. The van der Waals surface area contributed by atoms with Gasteiger partial charge in [-0.2, -0.15) is 5.10 Å². The number of benzene rings is 2. The maximum Gasteiger partial charge on any atom is 0.179 e. The molecule has 2 aromatic heterocycles. The van der Waals surface area contributed by atoms with Crippen molar-refractivity contribution in [2.75, 3.05) is 0 Å². The van der Waals surface area contributed by atoms with E-state index in [0.29, 0.717) is 27.1 Å². The van der Waals surface area contributed by atoms with E-state index in [1.54, 1.807) is 29.1 Å². The van der Waals surface area contributed by atoms with Crippen LogP contribution in [0.5, 0.6) is 0 Å². The maximum absolute atomic E-state index is 9.72. The van der Waals surface area contributed by atoms with Gasteiger partial charge < -0.3 is 5.11 Å². The van der Waals surface area contributed by atoms with E-state index in [1.165, 1.54) is 0 Å². The molecule has 0 aliphatic rings. The largest absolute Gasteiger partial charge is 0.392 e. The molecule has 0 aliphatic carbocycles.